The summed E-state index contributed by atoms with van der Waals surface area (Å²) < 4.78 is 31.0. The summed E-state index contributed by atoms with van der Waals surface area (Å²) in [6, 6.07) is 10.7. The number of carbonyl (C=O) groups is 2. The van der Waals surface area contributed by atoms with Gasteiger partial charge in [-0.15, -0.1) is 0 Å². The van der Waals surface area contributed by atoms with Crippen molar-refractivity contribution in [1.82, 2.24) is 5.32 Å². The van der Waals surface area contributed by atoms with Crippen molar-refractivity contribution in [3.8, 4) is 5.75 Å². The van der Waals surface area contributed by atoms with Crippen LogP contribution in [0.1, 0.15) is 10.4 Å². The number of halogens is 2. The highest BCUT2D eigenvalue weighted by molar-refractivity contribution is 5.99. The number of para-hydroxylation sites is 1. The highest BCUT2D eigenvalue weighted by Gasteiger charge is 2.10. The molecule has 0 aliphatic carbocycles. The summed E-state index contributed by atoms with van der Waals surface area (Å²) in [6.45, 7) is -0.650. The highest BCUT2D eigenvalue weighted by Crippen LogP contribution is 2.14. The van der Waals surface area contributed by atoms with E-state index >= 15 is 0 Å². The van der Waals surface area contributed by atoms with E-state index in [1.165, 1.54) is 30.3 Å². The summed E-state index contributed by atoms with van der Waals surface area (Å²) in [6.07, 6.45) is 0. The summed E-state index contributed by atoms with van der Waals surface area (Å²) in [5, 5.41) is 2.36. The molecule has 0 aromatic heterocycles. The number of rotatable bonds is 6. The maximum absolute atomic E-state index is 13.3. The van der Waals surface area contributed by atoms with Crippen molar-refractivity contribution >= 4 is 11.7 Å². The van der Waals surface area contributed by atoms with Gasteiger partial charge in [0.15, 0.2) is 24.0 Å². The van der Waals surface area contributed by atoms with Crippen LogP contribution in [0.3, 0.4) is 0 Å². The summed E-state index contributed by atoms with van der Waals surface area (Å²) in [4.78, 5) is 23.3. The van der Waals surface area contributed by atoms with Crippen LogP contribution in [-0.2, 0) is 4.79 Å². The first-order valence-electron chi connectivity index (χ1n) is 6.49. The minimum Gasteiger partial charge on any atom is -0.481 e. The molecule has 0 heterocycles. The summed E-state index contributed by atoms with van der Waals surface area (Å²) in [5.74, 6) is -1.97. The molecule has 0 atom stereocenters. The topological polar surface area (TPSA) is 55.4 Å². The maximum atomic E-state index is 13.3. The molecular formula is C16H13F2NO3. The van der Waals surface area contributed by atoms with Gasteiger partial charge in [-0.1, -0.05) is 12.1 Å². The number of Topliss-reactive ketones (excluding diaryl/α,β-unsaturated/α-hetero) is 1. The van der Waals surface area contributed by atoms with Gasteiger partial charge in [-0.3, -0.25) is 9.59 Å². The fraction of sp³-hybridized carbons (Fsp3) is 0.125. The second-order valence-electron chi connectivity index (χ2n) is 4.43. The Balaban J connectivity index is 1.79. The van der Waals surface area contributed by atoms with Gasteiger partial charge < -0.3 is 10.1 Å². The van der Waals surface area contributed by atoms with Crippen molar-refractivity contribution in [3.63, 3.8) is 0 Å². The number of ether oxygens (including phenoxy) is 1. The van der Waals surface area contributed by atoms with Crippen molar-refractivity contribution in [2.24, 2.45) is 0 Å². The van der Waals surface area contributed by atoms with Gasteiger partial charge in [0, 0.05) is 5.56 Å². The van der Waals surface area contributed by atoms with Gasteiger partial charge in [0.25, 0.3) is 5.91 Å². The predicted octanol–water partition coefficient (Wildman–Crippen LogP) is 2.34. The second-order valence-corrected chi connectivity index (χ2v) is 4.43. The molecule has 2 aromatic carbocycles. The lowest BCUT2D eigenvalue weighted by molar-refractivity contribution is -0.122. The Bertz CT molecular complexity index is 671. The van der Waals surface area contributed by atoms with Crippen molar-refractivity contribution in [1.29, 1.82) is 0 Å². The van der Waals surface area contributed by atoms with Gasteiger partial charge in [0.2, 0.25) is 0 Å². The number of ketones is 1. The molecule has 22 heavy (non-hydrogen) atoms. The summed E-state index contributed by atoms with van der Waals surface area (Å²) >= 11 is 0. The Morgan fingerprint density at radius 2 is 1.68 bits per heavy atom. The molecule has 0 bridgehead atoms. The number of hydrogen-bond donors (Lipinski definition) is 1. The Kier molecular flexibility index (Phi) is 5.19. The third kappa shape index (κ3) is 4.37. The average Bonchev–Trinajstić information content (AvgIpc) is 2.52. The molecular weight excluding hydrogens is 292 g/mol. The van der Waals surface area contributed by atoms with Crippen LogP contribution >= 0.6 is 0 Å². The lowest BCUT2D eigenvalue weighted by Gasteiger charge is -2.07. The van der Waals surface area contributed by atoms with Crippen LogP contribution in [-0.4, -0.2) is 24.8 Å². The molecule has 6 heteroatoms. The molecule has 0 saturated carbocycles. The fourth-order valence-corrected chi connectivity index (χ4v) is 1.67. The first-order chi connectivity index (χ1) is 10.6. The highest BCUT2D eigenvalue weighted by atomic mass is 19.1. The van der Waals surface area contributed by atoms with E-state index in [0.29, 0.717) is 0 Å². The minimum atomic E-state index is -0.572. The van der Waals surface area contributed by atoms with E-state index in [2.05, 4.69) is 5.32 Å². The van der Waals surface area contributed by atoms with Crippen molar-refractivity contribution in [3.05, 3.63) is 65.7 Å². The molecule has 114 valence electrons. The van der Waals surface area contributed by atoms with Gasteiger partial charge in [-0.25, -0.2) is 8.78 Å². The van der Waals surface area contributed by atoms with Crippen molar-refractivity contribution in [2.45, 2.75) is 0 Å². The molecule has 0 aliphatic rings. The van der Waals surface area contributed by atoms with Gasteiger partial charge in [-0.05, 0) is 36.4 Å². The SMILES string of the molecule is O=C(COc1ccccc1F)NCC(=O)c1ccc(F)cc1. The lowest BCUT2D eigenvalue weighted by Crippen LogP contribution is -2.33. The van der Waals surface area contributed by atoms with E-state index in [9.17, 15) is 18.4 Å². The van der Waals surface area contributed by atoms with E-state index < -0.39 is 24.1 Å². The van der Waals surface area contributed by atoms with Crippen molar-refractivity contribution < 1.29 is 23.1 Å². The van der Waals surface area contributed by atoms with Crippen LogP contribution < -0.4 is 10.1 Å². The zero-order valence-corrected chi connectivity index (χ0v) is 11.5. The normalized spacial score (nSPS) is 10.1. The molecule has 2 rings (SSSR count). The number of amides is 1. The van der Waals surface area contributed by atoms with E-state index in [4.69, 9.17) is 4.74 Å². The molecule has 4 nitrogen and oxygen atoms in total. The molecule has 1 amide bonds. The predicted molar refractivity (Wildman–Crippen MR) is 75.6 cm³/mol. The van der Waals surface area contributed by atoms with Crippen LogP contribution in [0.25, 0.3) is 0 Å². The third-order valence-corrected chi connectivity index (χ3v) is 2.81. The Morgan fingerprint density at radius 1 is 1.00 bits per heavy atom. The first kappa shape index (κ1) is 15.6. The van der Waals surface area contributed by atoms with Crippen LogP contribution in [0.4, 0.5) is 8.78 Å². The monoisotopic (exact) mass is 305 g/mol. The third-order valence-electron chi connectivity index (χ3n) is 2.81. The van der Waals surface area contributed by atoms with Gasteiger partial charge in [0.1, 0.15) is 5.82 Å². The van der Waals surface area contributed by atoms with Crippen LogP contribution in [0.5, 0.6) is 5.75 Å². The second kappa shape index (κ2) is 7.31. The Labute approximate surface area is 125 Å². The summed E-state index contributed by atoms with van der Waals surface area (Å²) in [5.41, 5.74) is 0.289. The van der Waals surface area contributed by atoms with E-state index in [1.54, 1.807) is 6.07 Å². The molecule has 0 aliphatic heterocycles. The minimum absolute atomic E-state index is 0.0393. The molecule has 0 saturated heterocycles. The number of carbonyl (C=O) groups excluding carboxylic acids is 2. The molecule has 0 fully saturated rings. The Morgan fingerprint density at radius 3 is 2.36 bits per heavy atom. The summed E-state index contributed by atoms with van der Waals surface area (Å²) in [7, 11) is 0. The zero-order valence-electron chi connectivity index (χ0n) is 11.5. The van der Waals surface area contributed by atoms with Gasteiger partial charge in [-0.2, -0.15) is 0 Å². The molecule has 1 N–H and O–H groups in total. The van der Waals surface area contributed by atoms with E-state index in [1.807, 2.05) is 0 Å². The maximum Gasteiger partial charge on any atom is 0.258 e. The van der Waals surface area contributed by atoms with E-state index in [-0.39, 0.29) is 23.6 Å². The zero-order chi connectivity index (χ0) is 15.9. The Hall–Kier alpha value is -2.76. The number of hydrogen-bond acceptors (Lipinski definition) is 3. The van der Waals surface area contributed by atoms with E-state index in [0.717, 1.165) is 12.1 Å². The molecule has 2 aromatic rings. The lowest BCUT2D eigenvalue weighted by atomic mass is 10.1. The fourth-order valence-electron chi connectivity index (χ4n) is 1.67. The van der Waals surface area contributed by atoms with Gasteiger partial charge in [0.05, 0.1) is 6.54 Å². The van der Waals surface area contributed by atoms with Crippen molar-refractivity contribution in [2.75, 3.05) is 13.2 Å². The number of nitrogens with one attached hydrogen (secondary N) is 1. The largest absolute Gasteiger partial charge is 0.481 e. The van der Waals surface area contributed by atoms with Crippen LogP contribution in [0.15, 0.2) is 48.5 Å². The number of benzene rings is 2. The van der Waals surface area contributed by atoms with Crippen LogP contribution in [0, 0.1) is 11.6 Å². The van der Waals surface area contributed by atoms with Crippen LogP contribution in [0.2, 0.25) is 0 Å². The van der Waals surface area contributed by atoms with Gasteiger partial charge >= 0.3 is 0 Å². The molecule has 0 unspecified atom stereocenters. The molecule has 0 radical (unpaired) electrons. The standard InChI is InChI=1S/C16H13F2NO3/c17-12-7-5-11(6-8-12)14(20)9-19-16(21)10-22-15-4-2-1-3-13(15)18/h1-8H,9-10H2,(H,19,21). The first-order valence-corrected chi connectivity index (χ1v) is 6.49. The molecule has 0 spiro atoms. The smallest absolute Gasteiger partial charge is 0.258 e. The average molecular weight is 305 g/mol. The quantitative estimate of drug-likeness (QED) is 0.834.